The number of rotatable bonds is 3. The quantitative estimate of drug-likeness (QED) is 0.673. The first-order chi connectivity index (χ1) is 8.61. The van der Waals surface area contributed by atoms with Crippen LogP contribution >= 0.6 is 15.9 Å². The van der Waals surface area contributed by atoms with Crippen molar-refractivity contribution in [1.29, 1.82) is 0 Å². The lowest BCUT2D eigenvalue weighted by Crippen LogP contribution is -2.10. The van der Waals surface area contributed by atoms with E-state index in [0.717, 1.165) is 5.56 Å². The Balaban J connectivity index is 2.37. The number of hydrogen-bond donors (Lipinski definition) is 2. The minimum atomic E-state index is -0.377. The minimum absolute atomic E-state index is 0.256. The largest absolute Gasteiger partial charge is 0.437 e. The second-order valence-electron chi connectivity index (χ2n) is 3.50. The molecule has 0 atom stereocenters. The van der Waals surface area contributed by atoms with E-state index >= 15 is 0 Å². The predicted octanol–water partition coefficient (Wildman–Crippen LogP) is 2.76. The number of benzene rings is 1. The van der Waals surface area contributed by atoms with E-state index in [1.54, 1.807) is 6.07 Å². The van der Waals surface area contributed by atoms with Crippen LogP contribution < -0.4 is 16.0 Å². The zero-order valence-corrected chi connectivity index (χ0v) is 11.0. The van der Waals surface area contributed by atoms with Crippen molar-refractivity contribution in [2.75, 3.05) is 5.43 Å². The Bertz CT molecular complexity index is 579. The number of nitrogens with one attached hydrogen (secondary N) is 1. The van der Waals surface area contributed by atoms with Crippen LogP contribution in [-0.2, 0) is 0 Å². The number of nitrogen functional groups attached to an aromatic ring is 1. The molecule has 0 bridgehead atoms. The second kappa shape index (κ2) is 5.28. The van der Waals surface area contributed by atoms with Gasteiger partial charge in [-0.3, -0.25) is 0 Å². The standard InChI is InChI=1S/C11H10BrFN4O/c1-6-2-3-7(13)4-8(6)18-11-9(12)10(17-14)15-5-16-11/h2-5H,14H2,1H3,(H,15,16,17). The third-order valence-corrected chi connectivity index (χ3v) is 2.97. The molecule has 1 aromatic carbocycles. The molecule has 0 aliphatic carbocycles. The molecule has 0 aliphatic heterocycles. The first kappa shape index (κ1) is 12.7. The fraction of sp³-hybridized carbons (Fsp3) is 0.0909. The Morgan fingerprint density at radius 2 is 2.17 bits per heavy atom. The van der Waals surface area contributed by atoms with Gasteiger partial charge in [0.2, 0.25) is 5.88 Å². The van der Waals surface area contributed by atoms with Crippen LogP contribution in [0.3, 0.4) is 0 Å². The van der Waals surface area contributed by atoms with Crippen LogP contribution in [0, 0.1) is 12.7 Å². The molecule has 18 heavy (non-hydrogen) atoms. The Morgan fingerprint density at radius 3 is 2.89 bits per heavy atom. The normalized spacial score (nSPS) is 10.2. The highest BCUT2D eigenvalue weighted by molar-refractivity contribution is 9.10. The first-order valence-electron chi connectivity index (χ1n) is 5.03. The van der Waals surface area contributed by atoms with Gasteiger partial charge in [-0.05, 0) is 34.5 Å². The third kappa shape index (κ3) is 2.57. The summed E-state index contributed by atoms with van der Waals surface area (Å²) in [6.45, 7) is 1.81. The second-order valence-corrected chi connectivity index (χ2v) is 4.29. The maximum atomic E-state index is 13.1. The molecule has 2 rings (SSSR count). The summed E-state index contributed by atoms with van der Waals surface area (Å²) in [6, 6.07) is 4.28. The molecule has 0 fully saturated rings. The predicted molar refractivity (Wildman–Crippen MR) is 68.8 cm³/mol. The van der Waals surface area contributed by atoms with Crippen LogP contribution in [0.2, 0.25) is 0 Å². The maximum absolute atomic E-state index is 13.1. The van der Waals surface area contributed by atoms with Crippen LogP contribution in [0.1, 0.15) is 5.56 Å². The van der Waals surface area contributed by atoms with E-state index in [2.05, 4.69) is 31.3 Å². The fourth-order valence-electron chi connectivity index (χ4n) is 1.31. The molecule has 0 aliphatic rings. The van der Waals surface area contributed by atoms with E-state index < -0.39 is 0 Å². The number of hydrogen-bond acceptors (Lipinski definition) is 5. The van der Waals surface area contributed by atoms with Crippen molar-refractivity contribution in [2.24, 2.45) is 5.84 Å². The number of nitrogens with zero attached hydrogens (tertiary/aromatic N) is 2. The SMILES string of the molecule is Cc1ccc(F)cc1Oc1ncnc(NN)c1Br. The molecular formula is C11H10BrFN4O. The summed E-state index contributed by atoms with van der Waals surface area (Å²) in [5.41, 5.74) is 3.19. The lowest BCUT2D eigenvalue weighted by Gasteiger charge is -2.10. The molecule has 0 spiro atoms. The molecule has 1 aromatic heterocycles. The van der Waals surface area contributed by atoms with Crippen molar-refractivity contribution >= 4 is 21.7 Å². The summed E-state index contributed by atoms with van der Waals surface area (Å²) in [5.74, 6) is 5.93. The molecule has 94 valence electrons. The van der Waals surface area contributed by atoms with Gasteiger partial charge in [-0.2, -0.15) is 0 Å². The zero-order valence-electron chi connectivity index (χ0n) is 9.45. The Labute approximate surface area is 111 Å². The molecule has 1 heterocycles. The Kier molecular flexibility index (Phi) is 3.73. The van der Waals surface area contributed by atoms with Crippen molar-refractivity contribution in [3.05, 3.63) is 40.4 Å². The van der Waals surface area contributed by atoms with Gasteiger partial charge in [-0.1, -0.05) is 6.07 Å². The summed E-state index contributed by atoms with van der Waals surface area (Å²) in [7, 11) is 0. The molecule has 7 heteroatoms. The van der Waals surface area contributed by atoms with Crippen molar-refractivity contribution in [3.63, 3.8) is 0 Å². The van der Waals surface area contributed by atoms with E-state index in [-0.39, 0.29) is 11.7 Å². The van der Waals surface area contributed by atoms with Crippen LogP contribution in [0.15, 0.2) is 29.0 Å². The first-order valence-corrected chi connectivity index (χ1v) is 5.82. The van der Waals surface area contributed by atoms with Crippen molar-refractivity contribution in [3.8, 4) is 11.6 Å². The number of aryl methyl sites for hydroxylation is 1. The molecule has 0 amide bonds. The van der Waals surface area contributed by atoms with Gasteiger partial charge in [-0.15, -0.1) is 0 Å². The third-order valence-electron chi connectivity index (χ3n) is 2.25. The number of ether oxygens (including phenoxy) is 1. The molecule has 0 unspecified atom stereocenters. The highest BCUT2D eigenvalue weighted by atomic mass is 79.9. The van der Waals surface area contributed by atoms with E-state index in [1.165, 1.54) is 18.5 Å². The van der Waals surface area contributed by atoms with Crippen molar-refractivity contribution < 1.29 is 9.13 Å². The van der Waals surface area contributed by atoms with Gasteiger partial charge in [-0.25, -0.2) is 20.2 Å². The highest BCUT2D eigenvalue weighted by Crippen LogP contribution is 2.32. The number of anilines is 1. The monoisotopic (exact) mass is 312 g/mol. The zero-order chi connectivity index (χ0) is 13.1. The number of halogens is 2. The number of nitrogens with two attached hydrogens (primary N) is 1. The fourth-order valence-corrected chi connectivity index (χ4v) is 1.71. The summed E-state index contributed by atoms with van der Waals surface area (Å²) in [5, 5.41) is 0. The Hall–Kier alpha value is -1.73. The minimum Gasteiger partial charge on any atom is -0.437 e. The van der Waals surface area contributed by atoms with Gasteiger partial charge in [0.25, 0.3) is 0 Å². The summed E-state index contributed by atoms with van der Waals surface area (Å²) >= 11 is 3.26. The van der Waals surface area contributed by atoms with Gasteiger partial charge in [0.1, 0.15) is 22.4 Å². The highest BCUT2D eigenvalue weighted by Gasteiger charge is 2.11. The van der Waals surface area contributed by atoms with Crippen LogP contribution in [0.4, 0.5) is 10.2 Å². The summed E-state index contributed by atoms with van der Waals surface area (Å²) in [6.07, 6.45) is 1.30. The molecule has 0 saturated heterocycles. The van der Waals surface area contributed by atoms with Crippen molar-refractivity contribution in [1.82, 2.24) is 9.97 Å². The van der Waals surface area contributed by atoms with E-state index in [1.807, 2.05) is 6.92 Å². The smallest absolute Gasteiger partial charge is 0.238 e. The average molecular weight is 313 g/mol. The molecule has 0 radical (unpaired) electrons. The molecule has 2 aromatic rings. The van der Waals surface area contributed by atoms with Crippen LogP contribution in [0.25, 0.3) is 0 Å². The molecule has 3 N–H and O–H groups in total. The maximum Gasteiger partial charge on any atom is 0.238 e. The molecular weight excluding hydrogens is 303 g/mol. The molecule has 5 nitrogen and oxygen atoms in total. The summed E-state index contributed by atoms with van der Waals surface area (Å²) < 4.78 is 19.1. The van der Waals surface area contributed by atoms with Crippen LogP contribution in [0.5, 0.6) is 11.6 Å². The van der Waals surface area contributed by atoms with E-state index in [9.17, 15) is 4.39 Å². The average Bonchev–Trinajstić information content (AvgIpc) is 2.36. The van der Waals surface area contributed by atoms with Crippen molar-refractivity contribution in [2.45, 2.75) is 6.92 Å². The van der Waals surface area contributed by atoms with E-state index in [4.69, 9.17) is 10.6 Å². The molecule has 0 saturated carbocycles. The van der Waals surface area contributed by atoms with Gasteiger partial charge in [0.05, 0.1) is 0 Å². The van der Waals surface area contributed by atoms with Gasteiger partial charge >= 0.3 is 0 Å². The summed E-state index contributed by atoms with van der Waals surface area (Å²) in [4.78, 5) is 7.85. The van der Waals surface area contributed by atoms with Gasteiger partial charge < -0.3 is 10.2 Å². The lowest BCUT2D eigenvalue weighted by molar-refractivity contribution is 0.450. The topological polar surface area (TPSA) is 73.1 Å². The number of aromatic nitrogens is 2. The number of hydrazine groups is 1. The lowest BCUT2D eigenvalue weighted by atomic mass is 10.2. The van der Waals surface area contributed by atoms with Crippen LogP contribution in [-0.4, -0.2) is 9.97 Å². The van der Waals surface area contributed by atoms with Gasteiger partial charge in [0.15, 0.2) is 5.82 Å². The van der Waals surface area contributed by atoms with E-state index in [0.29, 0.717) is 16.0 Å². The van der Waals surface area contributed by atoms with Gasteiger partial charge in [0, 0.05) is 6.07 Å². The Morgan fingerprint density at radius 1 is 1.39 bits per heavy atom.